The summed E-state index contributed by atoms with van der Waals surface area (Å²) < 4.78 is 11.5. The second kappa shape index (κ2) is 12.4. The highest BCUT2D eigenvalue weighted by Crippen LogP contribution is 2.30. The van der Waals surface area contributed by atoms with Gasteiger partial charge in [0.05, 0.1) is 13.7 Å². The van der Waals surface area contributed by atoms with Gasteiger partial charge in [-0.2, -0.15) is 11.8 Å². The Morgan fingerprint density at radius 1 is 1.23 bits per heavy atom. The minimum Gasteiger partial charge on any atom is -0.493 e. The first kappa shape index (κ1) is 22.0. The van der Waals surface area contributed by atoms with E-state index in [-0.39, 0.29) is 5.75 Å². The third-order valence-corrected chi connectivity index (χ3v) is 3.38. The van der Waals surface area contributed by atoms with Crippen LogP contribution in [0, 0.1) is 4.91 Å². The lowest BCUT2D eigenvalue weighted by Crippen LogP contribution is -2.04. The zero-order chi connectivity index (χ0) is 19.4. The molecule has 26 heavy (non-hydrogen) atoms. The van der Waals surface area contributed by atoms with Gasteiger partial charge in [-0.15, -0.1) is 4.91 Å². The minimum absolute atomic E-state index is 0.243. The maximum Gasteiger partial charge on any atom is 0.204 e. The van der Waals surface area contributed by atoms with Gasteiger partial charge in [0.25, 0.3) is 0 Å². The Balaban J connectivity index is 0.00000105. The highest BCUT2D eigenvalue weighted by molar-refractivity contribution is 9.10. The Kier molecular flexibility index (Phi) is 10.5. The van der Waals surface area contributed by atoms with E-state index in [1.54, 1.807) is 31.1 Å². The van der Waals surface area contributed by atoms with Crippen molar-refractivity contribution in [3.8, 4) is 17.2 Å². The van der Waals surface area contributed by atoms with Gasteiger partial charge in [-0.1, -0.05) is 6.07 Å². The summed E-state index contributed by atoms with van der Waals surface area (Å²) in [6, 6.07) is 7.23. The fraction of sp³-hybridized carbons (Fsp3) is 0.353. The van der Waals surface area contributed by atoms with Gasteiger partial charge in [0, 0.05) is 23.3 Å². The van der Waals surface area contributed by atoms with Crippen LogP contribution in [0.25, 0.3) is 0 Å². The smallest absolute Gasteiger partial charge is 0.204 e. The Morgan fingerprint density at radius 2 is 1.96 bits per heavy atom. The predicted molar refractivity (Wildman–Crippen MR) is 109 cm³/mol. The number of hydrogen-bond acceptors (Lipinski definition) is 8. The van der Waals surface area contributed by atoms with Crippen molar-refractivity contribution >= 4 is 33.5 Å². The van der Waals surface area contributed by atoms with Crippen molar-refractivity contribution in [1.82, 2.24) is 4.98 Å². The van der Waals surface area contributed by atoms with Crippen LogP contribution in [-0.2, 0) is 6.54 Å². The zero-order valence-corrected chi connectivity index (χ0v) is 17.5. The Morgan fingerprint density at radius 3 is 2.58 bits per heavy atom. The minimum atomic E-state index is 0.243. The number of aromatic nitrogens is 1. The lowest BCUT2D eigenvalue weighted by Gasteiger charge is -2.12. The summed E-state index contributed by atoms with van der Waals surface area (Å²) in [5.41, 5.74) is 0.962. The summed E-state index contributed by atoms with van der Waals surface area (Å²) in [6.07, 6.45) is 5.68. The van der Waals surface area contributed by atoms with Crippen LogP contribution < -0.4 is 19.6 Å². The molecule has 0 spiro atoms. The molecular formula is C17H22BrN3O4S. The lowest BCUT2D eigenvalue weighted by molar-refractivity contribution is 0.310. The van der Waals surface area contributed by atoms with E-state index in [4.69, 9.17) is 9.47 Å². The van der Waals surface area contributed by atoms with E-state index < -0.39 is 0 Å². The summed E-state index contributed by atoms with van der Waals surface area (Å²) in [5, 5.41) is 5.53. The monoisotopic (exact) mass is 443 g/mol. The molecule has 9 heteroatoms. The van der Waals surface area contributed by atoms with Crippen LogP contribution in [-0.4, -0.2) is 31.2 Å². The molecule has 0 aliphatic carbocycles. The van der Waals surface area contributed by atoms with Crippen molar-refractivity contribution in [1.29, 1.82) is 0 Å². The second-order valence-corrected chi connectivity index (χ2v) is 6.58. The van der Waals surface area contributed by atoms with E-state index in [1.165, 1.54) is 0 Å². The Labute approximate surface area is 165 Å². The number of halogens is 1. The van der Waals surface area contributed by atoms with Gasteiger partial charge < -0.3 is 19.6 Å². The van der Waals surface area contributed by atoms with Crippen molar-refractivity contribution in [3.05, 3.63) is 45.4 Å². The molecule has 0 atom stereocenters. The van der Waals surface area contributed by atoms with Crippen LogP contribution in [0.3, 0.4) is 0 Å². The Bertz CT molecular complexity index is 704. The fourth-order valence-electron chi connectivity index (χ4n) is 1.95. The van der Waals surface area contributed by atoms with E-state index in [2.05, 4.69) is 36.4 Å². The van der Waals surface area contributed by atoms with Crippen LogP contribution in [0.1, 0.15) is 12.5 Å². The van der Waals surface area contributed by atoms with E-state index >= 15 is 0 Å². The standard InChI is InChI=1S/C15H16BrN3O4.C2H6S/c1-3-22-13-6-10(4-5-12(13)21-2)8-17-15-14(23-19-20)7-11(16)9-18-15;1-3-2/h4-7,9H,3,8H2,1-2H3,(H,17,18);1-2H3. The number of hydrogen-bond donors (Lipinski definition) is 1. The van der Waals surface area contributed by atoms with E-state index in [0.717, 1.165) is 5.56 Å². The van der Waals surface area contributed by atoms with Gasteiger partial charge in [0.15, 0.2) is 22.7 Å². The first-order valence-corrected chi connectivity index (χ1v) is 10.1. The zero-order valence-electron chi connectivity index (χ0n) is 15.1. The molecule has 0 radical (unpaired) electrons. The molecule has 1 N–H and O–H groups in total. The molecule has 142 valence electrons. The second-order valence-electron chi connectivity index (χ2n) is 4.85. The van der Waals surface area contributed by atoms with E-state index in [9.17, 15) is 4.91 Å². The molecule has 0 bridgehead atoms. The van der Waals surface area contributed by atoms with E-state index in [1.807, 2.05) is 37.6 Å². The van der Waals surface area contributed by atoms with Crippen LogP contribution in [0.15, 0.2) is 40.3 Å². The summed E-state index contributed by atoms with van der Waals surface area (Å²) in [4.78, 5) is 19.2. The summed E-state index contributed by atoms with van der Waals surface area (Å²) in [5.74, 6) is 2.00. The first-order chi connectivity index (χ1) is 12.6. The molecule has 0 aliphatic heterocycles. The lowest BCUT2D eigenvalue weighted by atomic mass is 10.2. The predicted octanol–water partition coefficient (Wildman–Crippen LogP) is 4.90. The van der Waals surface area contributed by atoms with E-state index in [0.29, 0.717) is 34.9 Å². The molecule has 1 aromatic carbocycles. The Hall–Kier alpha value is -2.00. The molecular weight excluding hydrogens is 422 g/mol. The molecule has 0 fully saturated rings. The largest absolute Gasteiger partial charge is 0.493 e. The molecule has 0 amide bonds. The van der Waals surface area contributed by atoms with Gasteiger partial charge in [0.2, 0.25) is 5.75 Å². The number of rotatable bonds is 8. The average molecular weight is 444 g/mol. The summed E-state index contributed by atoms with van der Waals surface area (Å²) in [6.45, 7) is 2.92. The molecule has 2 rings (SSSR count). The maximum atomic E-state index is 10.3. The number of methoxy groups -OCH3 is 1. The topological polar surface area (TPSA) is 82.0 Å². The molecule has 1 heterocycles. The summed E-state index contributed by atoms with van der Waals surface area (Å²) >= 11 is 5.01. The molecule has 0 aliphatic rings. The molecule has 7 nitrogen and oxygen atoms in total. The molecule has 1 aromatic heterocycles. The number of nitrogens with zero attached hydrogens (tertiary/aromatic N) is 2. The highest BCUT2D eigenvalue weighted by atomic mass is 79.9. The highest BCUT2D eigenvalue weighted by Gasteiger charge is 2.09. The van der Waals surface area contributed by atoms with Gasteiger partial charge in [-0.05, 0) is 53.1 Å². The van der Waals surface area contributed by atoms with Crippen molar-refractivity contribution < 1.29 is 14.3 Å². The van der Waals surface area contributed by atoms with Crippen molar-refractivity contribution in [2.75, 3.05) is 31.5 Å². The number of benzene rings is 1. The van der Waals surface area contributed by atoms with Gasteiger partial charge >= 0.3 is 0 Å². The van der Waals surface area contributed by atoms with Gasteiger partial charge in [0.1, 0.15) is 0 Å². The van der Waals surface area contributed by atoms with Crippen LogP contribution in [0.2, 0.25) is 0 Å². The third-order valence-electron chi connectivity index (χ3n) is 2.94. The van der Waals surface area contributed by atoms with Crippen LogP contribution >= 0.6 is 27.7 Å². The quantitative estimate of drug-likeness (QED) is 0.458. The third kappa shape index (κ3) is 7.09. The van der Waals surface area contributed by atoms with Crippen LogP contribution in [0.4, 0.5) is 5.82 Å². The van der Waals surface area contributed by atoms with Gasteiger partial charge in [-0.25, -0.2) is 4.98 Å². The number of ether oxygens (including phenoxy) is 2. The van der Waals surface area contributed by atoms with Crippen LogP contribution in [0.5, 0.6) is 17.2 Å². The molecule has 0 unspecified atom stereocenters. The normalized spacial score (nSPS) is 9.58. The number of anilines is 1. The maximum absolute atomic E-state index is 10.3. The van der Waals surface area contributed by atoms with Crippen molar-refractivity contribution in [3.63, 3.8) is 0 Å². The molecule has 0 saturated carbocycles. The van der Waals surface area contributed by atoms with Crippen molar-refractivity contribution in [2.24, 2.45) is 5.34 Å². The summed E-state index contributed by atoms with van der Waals surface area (Å²) in [7, 11) is 1.59. The number of nitrogens with one attached hydrogen (secondary N) is 1. The number of thioether (sulfide) groups is 1. The SMILES string of the molecule is CCOc1cc(CNc2ncc(Br)cc2ON=O)ccc1OC.CSC. The first-order valence-electron chi connectivity index (χ1n) is 7.68. The molecule has 2 aromatic rings. The average Bonchev–Trinajstić information content (AvgIpc) is 2.62. The molecule has 0 saturated heterocycles. The number of pyridine rings is 1. The fourth-order valence-corrected chi connectivity index (χ4v) is 2.26. The van der Waals surface area contributed by atoms with Crippen molar-refractivity contribution in [2.45, 2.75) is 13.5 Å². The van der Waals surface area contributed by atoms with Gasteiger partial charge in [-0.3, -0.25) is 0 Å².